The van der Waals surface area contributed by atoms with E-state index in [1.54, 1.807) is 24.3 Å². The molecule has 9 heteroatoms. The van der Waals surface area contributed by atoms with Crippen molar-refractivity contribution in [3.05, 3.63) is 53.6 Å². The van der Waals surface area contributed by atoms with Gasteiger partial charge in [0.25, 0.3) is 0 Å². The molecule has 3 rings (SSSR count). The largest absolute Gasteiger partial charge is 0.416 e. The number of carbonyl (C=O) groups excluding carboxylic acids is 2. The van der Waals surface area contributed by atoms with E-state index in [-0.39, 0.29) is 17.7 Å². The van der Waals surface area contributed by atoms with Crippen molar-refractivity contribution in [1.29, 1.82) is 5.26 Å². The fourth-order valence-electron chi connectivity index (χ4n) is 2.52. The van der Waals surface area contributed by atoms with Gasteiger partial charge in [-0.05, 0) is 30.3 Å². The highest BCUT2D eigenvalue weighted by atomic mass is 32.2. The SMILES string of the molecule is N#Cc1ccccc1NC(=O)CC1Sc2ccc(C(F)(F)F)cc2NC1=O. The number of thioether (sulfide) groups is 1. The van der Waals surface area contributed by atoms with Gasteiger partial charge in [0.1, 0.15) is 6.07 Å². The Morgan fingerprint density at radius 1 is 1.26 bits per heavy atom. The van der Waals surface area contributed by atoms with Crippen molar-refractivity contribution in [1.82, 2.24) is 0 Å². The number of nitrogens with zero attached hydrogens (tertiary/aromatic N) is 1. The Morgan fingerprint density at radius 2 is 2.00 bits per heavy atom. The van der Waals surface area contributed by atoms with Gasteiger partial charge >= 0.3 is 6.18 Å². The number of hydrogen-bond donors (Lipinski definition) is 2. The van der Waals surface area contributed by atoms with E-state index in [0.717, 1.165) is 23.9 Å². The molecule has 0 aromatic heterocycles. The fraction of sp³-hybridized carbons (Fsp3) is 0.167. The summed E-state index contributed by atoms with van der Waals surface area (Å²) in [5, 5.41) is 13.2. The second kappa shape index (κ2) is 7.32. The molecule has 1 aliphatic heterocycles. The van der Waals surface area contributed by atoms with E-state index in [1.807, 2.05) is 6.07 Å². The Labute approximate surface area is 156 Å². The van der Waals surface area contributed by atoms with E-state index in [0.29, 0.717) is 10.6 Å². The minimum absolute atomic E-state index is 0.0753. The van der Waals surface area contributed by atoms with Crippen LogP contribution in [0.25, 0.3) is 0 Å². The number of anilines is 2. The molecule has 0 saturated carbocycles. The van der Waals surface area contributed by atoms with Crippen molar-refractivity contribution in [2.24, 2.45) is 0 Å². The molecule has 1 aliphatic rings. The summed E-state index contributed by atoms with van der Waals surface area (Å²) >= 11 is 1.03. The maximum Gasteiger partial charge on any atom is 0.416 e. The van der Waals surface area contributed by atoms with Crippen LogP contribution in [0.4, 0.5) is 24.5 Å². The normalized spacial score (nSPS) is 16.1. The summed E-state index contributed by atoms with van der Waals surface area (Å²) in [6.45, 7) is 0. The van der Waals surface area contributed by atoms with Crippen LogP contribution >= 0.6 is 11.8 Å². The Bertz CT molecular complexity index is 954. The van der Waals surface area contributed by atoms with E-state index < -0.39 is 28.8 Å². The molecular weight excluding hydrogens is 379 g/mol. The van der Waals surface area contributed by atoms with E-state index in [9.17, 15) is 22.8 Å². The number of hydrogen-bond acceptors (Lipinski definition) is 4. The van der Waals surface area contributed by atoms with Gasteiger partial charge in [-0.3, -0.25) is 9.59 Å². The van der Waals surface area contributed by atoms with Gasteiger partial charge in [-0.1, -0.05) is 12.1 Å². The number of fused-ring (bicyclic) bond motifs is 1. The summed E-state index contributed by atoms with van der Waals surface area (Å²) in [5.74, 6) is -1.02. The number of amides is 2. The predicted octanol–water partition coefficient (Wildman–Crippen LogP) is 4.02. The number of rotatable bonds is 3. The molecule has 0 saturated heterocycles. The monoisotopic (exact) mass is 391 g/mol. The topological polar surface area (TPSA) is 82.0 Å². The molecule has 0 aliphatic carbocycles. The van der Waals surface area contributed by atoms with Crippen LogP contribution in [-0.4, -0.2) is 17.1 Å². The van der Waals surface area contributed by atoms with Gasteiger partial charge in [-0.25, -0.2) is 0 Å². The lowest BCUT2D eigenvalue weighted by Crippen LogP contribution is -2.32. The van der Waals surface area contributed by atoms with Crippen LogP contribution in [0.2, 0.25) is 0 Å². The number of carbonyl (C=O) groups is 2. The molecule has 1 heterocycles. The average molecular weight is 391 g/mol. The standard InChI is InChI=1S/C18H12F3N3O2S/c19-18(20,21)11-5-6-14-13(7-11)24-17(26)15(27-14)8-16(25)23-12-4-2-1-3-10(12)9-22/h1-7,15H,8H2,(H,23,25)(H,24,26). The van der Waals surface area contributed by atoms with Crippen LogP contribution in [0.5, 0.6) is 0 Å². The van der Waals surface area contributed by atoms with Crippen molar-refractivity contribution in [3.63, 3.8) is 0 Å². The molecule has 5 nitrogen and oxygen atoms in total. The number of benzene rings is 2. The zero-order valence-corrected chi connectivity index (χ0v) is 14.4. The molecule has 2 amide bonds. The summed E-state index contributed by atoms with van der Waals surface area (Å²) in [6.07, 6.45) is -4.69. The van der Waals surface area contributed by atoms with Crippen molar-refractivity contribution >= 4 is 35.0 Å². The van der Waals surface area contributed by atoms with Gasteiger partial charge in [-0.2, -0.15) is 18.4 Å². The van der Waals surface area contributed by atoms with Crippen LogP contribution in [0, 0.1) is 11.3 Å². The molecule has 0 fully saturated rings. The van der Waals surface area contributed by atoms with Gasteiger partial charge in [0, 0.05) is 11.3 Å². The third kappa shape index (κ3) is 4.23. The molecule has 2 aromatic carbocycles. The van der Waals surface area contributed by atoms with Crippen LogP contribution in [-0.2, 0) is 15.8 Å². The lowest BCUT2D eigenvalue weighted by molar-refractivity contribution is -0.137. The number of halogens is 3. The summed E-state index contributed by atoms with van der Waals surface area (Å²) in [5.41, 5.74) is -0.157. The lowest BCUT2D eigenvalue weighted by atomic mass is 10.1. The first-order valence-corrected chi connectivity index (χ1v) is 8.63. The smallest absolute Gasteiger partial charge is 0.325 e. The maximum absolute atomic E-state index is 12.8. The van der Waals surface area contributed by atoms with E-state index >= 15 is 0 Å². The van der Waals surface area contributed by atoms with Crippen molar-refractivity contribution in [3.8, 4) is 6.07 Å². The molecule has 2 N–H and O–H groups in total. The highest BCUT2D eigenvalue weighted by Gasteiger charge is 2.34. The zero-order chi connectivity index (χ0) is 19.6. The first-order valence-electron chi connectivity index (χ1n) is 7.75. The lowest BCUT2D eigenvalue weighted by Gasteiger charge is -2.24. The molecule has 1 atom stereocenters. The van der Waals surface area contributed by atoms with Crippen LogP contribution in [0.3, 0.4) is 0 Å². The summed E-state index contributed by atoms with van der Waals surface area (Å²) < 4.78 is 38.3. The Balaban J connectivity index is 1.71. The van der Waals surface area contributed by atoms with Crippen molar-refractivity contribution in [2.45, 2.75) is 22.7 Å². The quantitative estimate of drug-likeness (QED) is 0.828. The van der Waals surface area contributed by atoms with Crippen LogP contribution < -0.4 is 10.6 Å². The highest BCUT2D eigenvalue weighted by Crippen LogP contribution is 2.40. The summed E-state index contributed by atoms with van der Waals surface area (Å²) in [7, 11) is 0. The van der Waals surface area contributed by atoms with Gasteiger partial charge in [0.15, 0.2) is 0 Å². The molecule has 0 spiro atoms. The van der Waals surface area contributed by atoms with Gasteiger partial charge in [-0.15, -0.1) is 11.8 Å². The first kappa shape index (κ1) is 18.8. The third-order valence-electron chi connectivity index (χ3n) is 3.82. The van der Waals surface area contributed by atoms with Crippen molar-refractivity contribution in [2.75, 3.05) is 10.6 Å². The molecular formula is C18H12F3N3O2S. The zero-order valence-electron chi connectivity index (χ0n) is 13.6. The molecule has 0 radical (unpaired) electrons. The third-order valence-corrected chi connectivity index (χ3v) is 5.09. The van der Waals surface area contributed by atoms with Gasteiger partial charge < -0.3 is 10.6 Å². The number of alkyl halides is 3. The Kier molecular flexibility index (Phi) is 5.10. The van der Waals surface area contributed by atoms with Crippen LogP contribution in [0.15, 0.2) is 47.4 Å². The second-order valence-electron chi connectivity index (χ2n) is 5.71. The molecule has 138 valence electrons. The molecule has 2 aromatic rings. The molecule has 1 unspecified atom stereocenters. The maximum atomic E-state index is 12.8. The summed E-state index contributed by atoms with van der Waals surface area (Å²) in [6, 6.07) is 11.5. The molecule has 27 heavy (non-hydrogen) atoms. The van der Waals surface area contributed by atoms with E-state index in [4.69, 9.17) is 5.26 Å². The highest BCUT2D eigenvalue weighted by molar-refractivity contribution is 8.01. The first-order chi connectivity index (χ1) is 12.8. The predicted molar refractivity (Wildman–Crippen MR) is 94.1 cm³/mol. The van der Waals surface area contributed by atoms with Gasteiger partial charge in [0.05, 0.1) is 27.8 Å². The van der Waals surface area contributed by atoms with E-state index in [1.165, 1.54) is 6.07 Å². The average Bonchev–Trinajstić information content (AvgIpc) is 2.61. The molecule has 0 bridgehead atoms. The van der Waals surface area contributed by atoms with Crippen molar-refractivity contribution < 1.29 is 22.8 Å². The number of nitrogens with one attached hydrogen (secondary N) is 2. The Hall–Kier alpha value is -2.99. The number of para-hydroxylation sites is 1. The summed E-state index contributed by atoms with van der Waals surface area (Å²) in [4.78, 5) is 24.9. The number of nitriles is 1. The second-order valence-corrected chi connectivity index (χ2v) is 6.96. The van der Waals surface area contributed by atoms with Crippen LogP contribution in [0.1, 0.15) is 17.5 Å². The van der Waals surface area contributed by atoms with Gasteiger partial charge in [0.2, 0.25) is 11.8 Å². The van der Waals surface area contributed by atoms with E-state index in [2.05, 4.69) is 10.6 Å². The minimum Gasteiger partial charge on any atom is -0.325 e. The minimum atomic E-state index is -4.50. The fourth-order valence-corrected chi connectivity index (χ4v) is 3.61. The Morgan fingerprint density at radius 3 is 2.70 bits per heavy atom.